The first kappa shape index (κ1) is 18.0. The van der Waals surface area contributed by atoms with Gasteiger partial charge in [-0.25, -0.2) is 4.79 Å². The molecule has 0 heterocycles. The number of nitrogens with one attached hydrogen (secondary N) is 2. The highest BCUT2D eigenvalue weighted by molar-refractivity contribution is 6.30. The molecule has 0 unspecified atom stereocenters. The molecule has 0 aliphatic heterocycles. The van der Waals surface area contributed by atoms with Gasteiger partial charge in [-0.05, 0) is 24.3 Å². The Labute approximate surface area is 129 Å². The van der Waals surface area contributed by atoms with Crippen molar-refractivity contribution in [1.82, 2.24) is 10.2 Å². The van der Waals surface area contributed by atoms with Crippen molar-refractivity contribution in [2.24, 2.45) is 0 Å². The Morgan fingerprint density at radius 3 is 2.41 bits per heavy atom. The van der Waals surface area contributed by atoms with E-state index in [9.17, 15) is 22.8 Å². The number of carbonyl (C=O) groups excluding carboxylic acids is 2. The summed E-state index contributed by atoms with van der Waals surface area (Å²) in [4.78, 5) is 22.7. The number of aldehydes is 1. The number of urea groups is 1. The standard InChI is InChI=1S/C13H13ClF3N3O2/c14-10-3-1-9(2-4-10)11(18)20(7-5-13(15,16)17)12(22)19-6-8-21/h1-4,8,18H,5-7H2,(H,19,22). The summed E-state index contributed by atoms with van der Waals surface area (Å²) in [6.45, 7) is -1.08. The average molecular weight is 336 g/mol. The molecule has 120 valence electrons. The number of hydrogen-bond donors (Lipinski definition) is 2. The highest BCUT2D eigenvalue weighted by Gasteiger charge is 2.30. The summed E-state index contributed by atoms with van der Waals surface area (Å²) in [7, 11) is 0. The van der Waals surface area contributed by atoms with Crippen LogP contribution >= 0.6 is 11.6 Å². The summed E-state index contributed by atoms with van der Waals surface area (Å²) in [6, 6.07) is 4.79. The van der Waals surface area contributed by atoms with Gasteiger partial charge < -0.3 is 10.1 Å². The molecule has 0 aliphatic carbocycles. The van der Waals surface area contributed by atoms with Crippen LogP contribution in [0.25, 0.3) is 0 Å². The zero-order valence-corrected chi connectivity index (χ0v) is 12.0. The van der Waals surface area contributed by atoms with Crippen LogP contribution < -0.4 is 5.32 Å². The van der Waals surface area contributed by atoms with E-state index in [-0.39, 0.29) is 12.1 Å². The third-order valence-electron chi connectivity index (χ3n) is 2.59. The van der Waals surface area contributed by atoms with Crippen molar-refractivity contribution in [1.29, 1.82) is 5.41 Å². The summed E-state index contributed by atoms with van der Waals surface area (Å²) in [5, 5.41) is 10.4. The van der Waals surface area contributed by atoms with E-state index in [1.54, 1.807) is 0 Å². The second-order valence-corrected chi connectivity index (χ2v) is 4.66. The predicted octanol–water partition coefficient (Wildman–Crippen LogP) is 2.83. The molecule has 0 atom stereocenters. The number of rotatable bonds is 5. The van der Waals surface area contributed by atoms with E-state index in [1.807, 2.05) is 0 Å². The Morgan fingerprint density at radius 2 is 1.91 bits per heavy atom. The van der Waals surface area contributed by atoms with Crippen molar-refractivity contribution in [3.8, 4) is 0 Å². The van der Waals surface area contributed by atoms with E-state index in [4.69, 9.17) is 17.0 Å². The Morgan fingerprint density at radius 1 is 1.32 bits per heavy atom. The Kier molecular flexibility index (Phi) is 6.36. The van der Waals surface area contributed by atoms with Gasteiger partial charge >= 0.3 is 12.2 Å². The van der Waals surface area contributed by atoms with Crippen molar-refractivity contribution in [2.45, 2.75) is 12.6 Å². The number of amidine groups is 1. The molecule has 1 rings (SSSR count). The lowest BCUT2D eigenvalue weighted by Gasteiger charge is -2.24. The van der Waals surface area contributed by atoms with Crippen LogP contribution in [-0.4, -0.2) is 42.3 Å². The molecule has 1 aromatic carbocycles. The molecule has 0 saturated heterocycles. The molecule has 9 heteroatoms. The molecule has 0 spiro atoms. The third-order valence-corrected chi connectivity index (χ3v) is 2.84. The van der Waals surface area contributed by atoms with Gasteiger partial charge in [0.25, 0.3) is 0 Å². The van der Waals surface area contributed by atoms with Crippen molar-refractivity contribution in [3.63, 3.8) is 0 Å². The summed E-state index contributed by atoms with van der Waals surface area (Å²) < 4.78 is 37.0. The van der Waals surface area contributed by atoms with E-state index in [1.165, 1.54) is 24.3 Å². The fourth-order valence-electron chi connectivity index (χ4n) is 1.54. The van der Waals surface area contributed by atoms with Crippen molar-refractivity contribution in [3.05, 3.63) is 34.9 Å². The number of nitrogens with zero attached hydrogens (tertiary/aromatic N) is 1. The normalized spacial score (nSPS) is 10.9. The van der Waals surface area contributed by atoms with Crippen molar-refractivity contribution < 1.29 is 22.8 Å². The van der Waals surface area contributed by atoms with Crippen LogP contribution in [-0.2, 0) is 4.79 Å². The lowest BCUT2D eigenvalue weighted by atomic mass is 10.2. The predicted molar refractivity (Wildman–Crippen MR) is 75.1 cm³/mol. The summed E-state index contributed by atoms with van der Waals surface area (Å²) in [5.41, 5.74) is 0.229. The van der Waals surface area contributed by atoms with E-state index < -0.39 is 31.0 Å². The fourth-order valence-corrected chi connectivity index (χ4v) is 1.67. The van der Waals surface area contributed by atoms with Gasteiger partial charge in [-0.2, -0.15) is 13.2 Å². The Bertz CT molecular complexity index is 546. The first-order valence-corrected chi connectivity index (χ1v) is 6.52. The van der Waals surface area contributed by atoms with Crippen LogP contribution in [0.4, 0.5) is 18.0 Å². The quantitative estimate of drug-likeness (QED) is 0.493. The van der Waals surface area contributed by atoms with E-state index in [2.05, 4.69) is 5.32 Å². The molecule has 0 saturated carbocycles. The second kappa shape index (κ2) is 7.79. The van der Waals surface area contributed by atoms with Gasteiger partial charge in [0.1, 0.15) is 12.1 Å². The van der Waals surface area contributed by atoms with E-state index in [0.29, 0.717) is 16.2 Å². The van der Waals surface area contributed by atoms with E-state index >= 15 is 0 Å². The minimum absolute atomic E-state index is 0.229. The molecule has 0 fully saturated rings. The van der Waals surface area contributed by atoms with Gasteiger partial charge in [-0.3, -0.25) is 10.3 Å². The first-order chi connectivity index (χ1) is 10.2. The molecule has 0 aromatic heterocycles. The summed E-state index contributed by atoms with van der Waals surface area (Å²) >= 11 is 5.70. The minimum Gasteiger partial charge on any atom is -0.331 e. The maximum atomic E-state index is 12.3. The van der Waals surface area contributed by atoms with E-state index in [0.717, 1.165) is 0 Å². The highest BCUT2D eigenvalue weighted by atomic mass is 35.5. The van der Waals surface area contributed by atoms with Crippen LogP contribution in [0, 0.1) is 5.41 Å². The molecular formula is C13H13ClF3N3O2. The number of hydrogen-bond acceptors (Lipinski definition) is 3. The van der Waals surface area contributed by atoms with Gasteiger partial charge in [0.15, 0.2) is 0 Å². The average Bonchev–Trinajstić information content (AvgIpc) is 2.44. The molecular weight excluding hydrogens is 323 g/mol. The molecule has 2 N–H and O–H groups in total. The molecule has 2 amide bonds. The SMILES string of the molecule is N=C(c1ccc(Cl)cc1)N(CCC(F)(F)F)C(=O)NCC=O. The zero-order chi connectivity index (χ0) is 16.8. The van der Waals surface area contributed by atoms with Gasteiger partial charge in [-0.15, -0.1) is 0 Å². The number of amides is 2. The number of halogens is 4. The van der Waals surface area contributed by atoms with Crippen LogP contribution in [0.15, 0.2) is 24.3 Å². The summed E-state index contributed by atoms with van der Waals surface area (Å²) in [6.07, 6.45) is -5.34. The van der Waals surface area contributed by atoms with Crippen LogP contribution in [0.2, 0.25) is 5.02 Å². The third kappa shape index (κ3) is 5.72. The minimum atomic E-state index is -4.47. The lowest BCUT2D eigenvalue weighted by molar-refractivity contribution is -0.135. The molecule has 0 aliphatic rings. The monoisotopic (exact) mass is 335 g/mol. The maximum Gasteiger partial charge on any atom is 0.390 e. The summed E-state index contributed by atoms with van der Waals surface area (Å²) in [5.74, 6) is -0.413. The zero-order valence-electron chi connectivity index (χ0n) is 11.3. The number of benzene rings is 1. The molecule has 0 bridgehead atoms. The molecule has 5 nitrogen and oxygen atoms in total. The van der Waals surface area contributed by atoms with Crippen LogP contribution in [0.1, 0.15) is 12.0 Å². The highest BCUT2D eigenvalue weighted by Crippen LogP contribution is 2.20. The van der Waals surface area contributed by atoms with Gasteiger partial charge in [0.05, 0.1) is 13.0 Å². The second-order valence-electron chi connectivity index (χ2n) is 4.23. The number of carbonyl (C=O) groups is 2. The lowest BCUT2D eigenvalue weighted by Crippen LogP contribution is -2.45. The van der Waals surface area contributed by atoms with Gasteiger partial charge in [0, 0.05) is 17.1 Å². The first-order valence-electron chi connectivity index (χ1n) is 6.15. The van der Waals surface area contributed by atoms with Crippen molar-refractivity contribution >= 4 is 29.8 Å². The molecule has 1 aromatic rings. The number of alkyl halides is 3. The maximum absolute atomic E-state index is 12.3. The van der Waals surface area contributed by atoms with Gasteiger partial charge in [-0.1, -0.05) is 11.6 Å². The van der Waals surface area contributed by atoms with Crippen molar-refractivity contribution in [2.75, 3.05) is 13.1 Å². The Hall–Kier alpha value is -2.09. The molecule has 22 heavy (non-hydrogen) atoms. The smallest absolute Gasteiger partial charge is 0.331 e. The topological polar surface area (TPSA) is 73.3 Å². The van der Waals surface area contributed by atoms with Crippen LogP contribution in [0.3, 0.4) is 0 Å². The molecule has 0 radical (unpaired) electrons. The largest absolute Gasteiger partial charge is 0.390 e. The Balaban J connectivity index is 2.92. The fraction of sp³-hybridized carbons (Fsp3) is 0.308. The van der Waals surface area contributed by atoms with Crippen LogP contribution in [0.5, 0.6) is 0 Å². The van der Waals surface area contributed by atoms with Gasteiger partial charge in [0.2, 0.25) is 0 Å².